The summed E-state index contributed by atoms with van der Waals surface area (Å²) in [7, 11) is 0. The maximum absolute atomic E-state index is 13.3. The van der Waals surface area contributed by atoms with Gasteiger partial charge in [-0.3, -0.25) is 9.69 Å². The van der Waals surface area contributed by atoms with Crippen LogP contribution in [0.15, 0.2) is 24.3 Å². The van der Waals surface area contributed by atoms with Crippen LogP contribution in [0.3, 0.4) is 0 Å². The van der Waals surface area contributed by atoms with Gasteiger partial charge in [-0.2, -0.15) is 0 Å². The van der Waals surface area contributed by atoms with Crippen molar-refractivity contribution in [3.63, 3.8) is 0 Å². The Morgan fingerprint density at radius 3 is 2.57 bits per heavy atom. The highest BCUT2D eigenvalue weighted by molar-refractivity contribution is 6.07. The van der Waals surface area contributed by atoms with Gasteiger partial charge < -0.3 is 10.4 Å². The first-order valence-corrected chi connectivity index (χ1v) is 8.09. The number of aliphatic hydroxyl groups is 1. The fraction of sp³-hybridized carbons (Fsp3) is 0.529. The van der Waals surface area contributed by atoms with Gasteiger partial charge >= 0.3 is 6.03 Å². The van der Waals surface area contributed by atoms with Gasteiger partial charge in [-0.05, 0) is 30.5 Å². The van der Waals surface area contributed by atoms with E-state index in [4.69, 9.17) is 0 Å². The molecule has 1 aliphatic carbocycles. The highest BCUT2D eigenvalue weighted by Gasteiger charge is 2.50. The predicted octanol–water partition coefficient (Wildman–Crippen LogP) is 2.50. The average molecular weight is 320 g/mol. The Morgan fingerprint density at radius 2 is 1.91 bits per heavy atom. The van der Waals surface area contributed by atoms with Crippen LogP contribution in [0.4, 0.5) is 9.18 Å². The number of benzene rings is 1. The van der Waals surface area contributed by atoms with Gasteiger partial charge in [-0.25, -0.2) is 9.18 Å². The van der Waals surface area contributed by atoms with E-state index in [-0.39, 0.29) is 12.5 Å². The van der Waals surface area contributed by atoms with Gasteiger partial charge in [0.2, 0.25) is 0 Å². The Hall–Kier alpha value is -1.95. The highest BCUT2D eigenvalue weighted by atomic mass is 19.1. The van der Waals surface area contributed by atoms with Crippen molar-refractivity contribution in [3.05, 3.63) is 35.6 Å². The van der Waals surface area contributed by atoms with Crippen molar-refractivity contribution in [2.45, 2.75) is 50.2 Å². The minimum Gasteiger partial charge on any atom is -0.387 e. The third kappa shape index (κ3) is 3.08. The summed E-state index contributed by atoms with van der Waals surface area (Å²) in [5.41, 5.74) is -0.456. The summed E-state index contributed by atoms with van der Waals surface area (Å²) in [6.07, 6.45) is 4.14. The van der Waals surface area contributed by atoms with Crippen LogP contribution >= 0.6 is 0 Å². The maximum atomic E-state index is 13.3. The second-order valence-electron chi connectivity index (χ2n) is 6.41. The zero-order valence-electron chi connectivity index (χ0n) is 12.9. The molecular formula is C17H21FN2O3. The molecule has 1 aromatic rings. The summed E-state index contributed by atoms with van der Waals surface area (Å²) in [4.78, 5) is 26.0. The van der Waals surface area contributed by atoms with E-state index in [9.17, 15) is 19.1 Å². The molecule has 2 N–H and O–H groups in total. The summed E-state index contributed by atoms with van der Waals surface area (Å²) < 4.78 is 13.3. The second kappa shape index (κ2) is 6.28. The molecule has 0 radical (unpaired) electrons. The number of amides is 3. The summed E-state index contributed by atoms with van der Waals surface area (Å²) in [6.45, 7) is -0.157. The zero-order valence-corrected chi connectivity index (χ0v) is 12.9. The van der Waals surface area contributed by atoms with E-state index in [2.05, 4.69) is 5.32 Å². The van der Waals surface area contributed by atoms with Crippen LogP contribution in [0.5, 0.6) is 0 Å². The van der Waals surface area contributed by atoms with Crippen molar-refractivity contribution in [2.24, 2.45) is 0 Å². The Morgan fingerprint density at radius 1 is 1.22 bits per heavy atom. The molecule has 23 heavy (non-hydrogen) atoms. The van der Waals surface area contributed by atoms with E-state index >= 15 is 0 Å². The average Bonchev–Trinajstić information content (AvgIpc) is 2.71. The van der Waals surface area contributed by atoms with Gasteiger partial charge in [0.1, 0.15) is 11.4 Å². The zero-order chi connectivity index (χ0) is 16.4. The lowest BCUT2D eigenvalue weighted by molar-refractivity contribution is -0.132. The summed E-state index contributed by atoms with van der Waals surface area (Å²) in [6, 6.07) is 5.10. The number of β-amino-alcohol motifs (C(OH)–C–C–N with tert-alkyl or cyclic N) is 1. The fourth-order valence-electron chi connectivity index (χ4n) is 3.51. The predicted molar refractivity (Wildman–Crippen MR) is 82.0 cm³/mol. The molecular weight excluding hydrogens is 299 g/mol. The van der Waals surface area contributed by atoms with Crippen LogP contribution in [0.25, 0.3) is 0 Å². The molecule has 1 saturated carbocycles. The second-order valence-corrected chi connectivity index (χ2v) is 6.41. The molecule has 1 unspecified atom stereocenters. The van der Waals surface area contributed by atoms with Crippen LogP contribution in [-0.4, -0.2) is 34.0 Å². The van der Waals surface area contributed by atoms with E-state index in [1.54, 1.807) is 6.07 Å². The van der Waals surface area contributed by atoms with Crippen molar-refractivity contribution >= 4 is 11.9 Å². The smallest absolute Gasteiger partial charge is 0.325 e. The molecule has 1 saturated heterocycles. The fourth-order valence-corrected chi connectivity index (χ4v) is 3.51. The number of rotatable bonds is 3. The SMILES string of the molecule is O=C1NC2(CCCCCC2)C(=O)N1CC(O)c1cccc(F)c1. The standard InChI is InChI=1S/C17H21FN2O3/c18-13-7-5-6-12(10-13)14(21)11-20-15(22)17(19-16(20)23)8-3-1-2-4-9-17/h5-7,10,14,21H,1-4,8-9,11H2,(H,19,23). The molecule has 0 aromatic heterocycles. The number of aliphatic hydroxyl groups excluding tert-OH is 1. The number of imide groups is 1. The first-order chi connectivity index (χ1) is 11.0. The van der Waals surface area contributed by atoms with E-state index in [1.807, 2.05) is 0 Å². The molecule has 3 rings (SSSR count). The van der Waals surface area contributed by atoms with Crippen molar-refractivity contribution in [1.29, 1.82) is 0 Å². The van der Waals surface area contributed by atoms with E-state index in [0.29, 0.717) is 18.4 Å². The third-order valence-corrected chi connectivity index (χ3v) is 4.79. The van der Waals surface area contributed by atoms with Gasteiger partial charge in [0, 0.05) is 0 Å². The highest BCUT2D eigenvalue weighted by Crippen LogP contribution is 2.33. The molecule has 2 aliphatic rings. The molecule has 1 spiro atoms. The van der Waals surface area contributed by atoms with Crippen molar-refractivity contribution in [3.8, 4) is 0 Å². The van der Waals surface area contributed by atoms with Gasteiger partial charge in [-0.1, -0.05) is 37.8 Å². The largest absolute Gasteiger partial charge is 0.387 e. The molecule has 124 valence electrons. The Kier molecular flexibility index (Phi) is 4.35. The van der Waals surface area contributed by atoms with E-state index < -0.39 is 23.5 Å². The van der Waals surface area contributed by atoms with Crippen LogP contribution in [0, 0.1) is 5.82 Å². The lowest BCUT2D eigenvalue weighted by Gasteiger charge is -2.25. The number of carbonyl (C=O) groups is 2. The van der Waals surface area contributed by atoms with Gasteiger partial charge in [0.25, 0.3) is 5.91 Å². The van der Waals surface area contributed by atoms with Crippen LogP contribution < -0.4 is 5.32 Å². The normalized spacial score (nSPS) is 22.1. The van der Waals surface area contributed by atoms with Crippen molar-refractivity contribution in [2.75, 3.05) is 6.54 Å². The van der Waals surface area contributed by atoms with Crippen molar-refractivity contribution < 1.29 is 19.1 Å². The topological polar surface area (TPSA) is 69.6 Å². The lowest BCUT2D eigenvalue weighted by Crippen LogP contribution is -2.46. The molecule has 0 bridgehead atoms. The molecule has 6 heteroatoms. The molecule has 3 amide bonds. The maximum Gasteiger partial charge on any atom is 0.325 e. The first kappa shape index (κ1) is 15.9. The first-order valence-electron chi connectivity index (χ1n) is 8.09. The van der Waals surface area contributed by atoms with Gasteiger partial charge in [-0.15, -0.1) is 0 Å². The monoisotopic (exact) mass is 320 g/mol. The summed E-state index contributed by atoms with van der Waals surface area (Å²) in [5.74, 6) is -0.723. The van der Waals surface area contributed by atoms with E-state index in [1.165, 1.54) is 18.2 Å². The van der Waals surface area contributed by atoms with Crippen LogP contribution in [-0.2, 0) is 4.79 Å². The number of nitrogens with zero attached hydrogens (tertiary/aromatic N) is 1. The van der Waals surface area contributed by atoms with Crippen LogP contribution in [0.2, 0.25) is 0 Å². The van der Waals surface area contributed by atoms with Gasteiger partial charge in [0.05, 0.1) is 12.6 Å². The quantitative estimate of drug-likeness (QED) is 0.841. The lowest BCUT2D eigenvalue weighted by atomic mass is 9.90. The Bertz CT molecular complexity index is 612. The molecule has 5 nitrogen and oxygen atoms in total. The number of nitrogens with one attached hydrogen (secondary N) is 1. The number of carbonyl (C=O) groups excluding carboxylic acids is 2. The number of halogens is 1. The molecule has 1 aromatic carbocycles. The molecule has 1 heterocycles. The molecule has 1 aliphatic heterocycles. The minimum atomic E-state index is -1.10. The number of hydrogen-bond acceptors (Lipinski definition) is 3. The number of hydrogen-bond donors (Lipinski definition) is 2. The summed E-state index contributed by atoms with van der Waals surface area (Å²) >= 11 is 0. The van der Waals surface area contributed by atoms with Crippen LogP contribution in [0.1, 0.15) is 50.2 Å². The van der Waals surface area contributed by atoms with E-state index in [0.717, 1.165) is 30.6 Å². The Balaban J connectivity index is 1.75. The minimum absolute atomic E-state index is 0.157. The van der Waals surface area contributed by atoms with Gasteiger partial charge in [0.15, 0.2) is 0 Å². The Labute approximate surface area is 134 Å². The molecule has 2 fully saturated rings. The van der Waals surface area contributed by atoms with Crippen molar-refractivity contribution in [1.82, 2.24) is 10.2 Å². The number of urea groups is 1. The summed E-state index contributed by atoms with van der Waals surface area (Å²) in [5, 5.41) is 13.1. The third-order valence-electron chi connectivity index (χ3n) is 4.79. The molecule has 1 atom stereocenters.